The molecule has 1 aliphatic carbocycles. The van der Waals surface area contributed by atoms with Crippen LogP contribution in [0.15, 0.2) is 31.2 Å². The third-order valence-corrected chi connectivity index (χ3v) is 4.40. The first-order valence-electron chi connectivity index (χ1n) is 8.68. The quantitative estimate of drug-likeness (QED) is 0.457. The molecule has 0 amide bonds. The lowest BCUT2D eigenvalue weighted by molar-refractivity contribution is -0.127. The number of hydrogen-bond donors (Lipinski definition) is 2. The summed E-state index contributed by atoms with van der Waals surface area (Å²) in [6.45, 7) is 12.8. The smallest absolute Gasteiger partial charge is 0.156 e. The zero-order valence-electron chi connectivity index (χ0n) is 15.8. The van der Waals surface area contributed by atoms with Gasteiger partial charge in [-0.25, -0.2) is 9.97 Å². The molecule has 1 unspecified atom stereocenters. The molecule has 6 heteroatoms. The minimum Gasteiger partial charge on any atom is -0.366 e. The lowest BCUT2D eigenvalue weighted by Gasteiger charge is -2.19. The van der Waals surface area contributed by atoms with Crippen LogP contribution in [-0.4, -0.2) is 30.5 Å². The van der Waals surface area contributed by atoms with E-state index in [2.05, 4.69) is 40.3 Å². The van der Waals surface area contributed by atoms with Gasteiger partial charge in [-0.15, -0.1) is 6.58 Å². The first-order chi connectivity index (χ1) is 11.6. The average molecular weight is 368 g/mol. The highest BCUT2D eigenvalue weighted by molar-refractivity contribution is 6.33. The number of rotatable bonds is 2. The van der Waals surface area contributed by atoms with Crippen molar-refractivity contribution in [1.29, 1.82) is 0 Å². The number of fused-ring (bicyclic) bond motifs is 1. The van der Waals surface area contributed by atoms with Crippen LogP contribution in [-0.2, 0) is 0 Å². The van der Waals surface area contributed by atoms with Crippen molar-refractivity contribution < 1.29 is 10.2 Å². The van der Waals surface area contributed by atoms with Gasteiger partial charge in [-0.3, -0.25) is 0 Å². The van der Waals surface area contributed by atoms with Crippen molar-refractivity contribution >= 4 is 22.6 Å². The second-order valence-corrected chi connectivity index (χ2v) is 7.23. The number of allylic oxidation sites excluding steroid dienone is 1. The van der Waals surface area contributed by atoms with Gasteiger partial charge in [0.25, 0.3) is 0 Å². The molecule has 1 fully saturated rings. The Morgan fingerprint density at radius 2 is 1.96 bits per heavy atom. The van der Waals surface area contributed by atoms with E-state index in [4.69, 9.17) is 21.8 Å². The molecule has 25 heavy (non-hydrogen) atoms. The normalized spacial score (nSPS) is 22.6. The summed E-state index contributed by atoms with van der Waals surface area (Å²) in [6.07, 6.45) is 9.14. The monoisotopic (exact) mass is 367 g/mol. The molecule has 0 bridgehead atoms. The summed E-state index contributed by atoms with van der Waals surface area (Å²) in [6, 6.07) is 2.48. The number of halogens is 1. The SMILES string of the molecule is C=C[C@]1(C)CCC(n2ccc3c(Cl)ncnc32)C1.CC.CC(C)(O)O. The number of aromatic nitrogens is 3. The fraction of sp³-hybridized carbons (Fsp3) is 0.579. The van der Waals surface area contributed by atoms with Crippen LogP contribution >= 0.6 is 11.6 Å². The highest BCUT2D eigenvalue weighted by atomic mass is 35.5. The second kappa shape index (κ2) is 8.79. The second-order valence-electron chi connectivity index (χ2n) is 6.87. The zero-order chi connectivity index (χ0) is 19.3. The Labute approximate surface area is 155 Å². The largest absolute Gasteiger partial charge is 0.366 e. The molecule has 0 spiro atoms. The molecule has 2 heterocycles. The molecular weight excluding hydrogens is 338 g/mol. The lowest BCUT2D eigenvalue weighted by Crippen LogP contribution is -2.15. The van der Waals surface area contributed by atoms with Gasteiger partial charge < -0.3 is 14.8 Å². The van der Waals surface area contributed by atoms with Gasteiger partial charge in [0.15, 0.2) is 5.79 Å². The van der Waals surface area contributed by atoms with Gasteiger partial charge in [0.2, 0.25) is 0 Å². The zero-order valence-corrected chi connectivity index (χ0v) is 16.6. The third-order valence-electron chi connectivity index (χ3n) is 4.10. The Bertz CT molecular complexity index is 688. The van der Waals surface area contributed by atoms with Gasteiger partial charge in [0.1, 0.15) is 17.1 Å². The number of hydrogen-bond acceptors (Lipinski definition) is 4. The van der Waals surface area contributed by atoms with Crippen LogP contribution in [0.2, 0.25) is 5.15 Å². The molecule has 1 saturated carbocycles. The maximum atomic E-state index is 8.08. The van der Waals surface area contributed by atoms with Crippen molar-refractivity contribution in [3.63, 3.8) is 0 Å². The van der Waals surface area contributed by atoms with E-state index in [1.54, 1.807) is 0 Å². The fourth-order valence-corrected chi connectivity index (χ4v) is 3.09. The molecule has 2 aromatic rings. The summed E-state index contributed by atoms with van der Waals surface area (Å²) >= 11 is 6.08. The molecule has 2 N–H and O–H groups in total. The summed E-state index contributed by atoms with van der Waals surface area (Å²) in [7, 11) is 0. The van der Waals surface area contributed by atoms with E-state index in [1.807, 2.05) is 19.9 Å². The number of nitrogens with zero attached hydrogens (tertiary/aromatic N) is 3. The molecule has 140 valence electrons. The van der Waals surface area contributed by atoms with E-state index >= 15 is 0 Å². The molecule has 0 aliphatic heterocycles. The van der Waals surface area contributed by atoms with E-state index in [-0.39, 0.29) is 5.41 Å². The standard InChI is InChI=1S/C14H16ClN3.C3H8O2.C2H6/c1-3-14(2)6-4-10(8-14)18-7-5-11-12(15)16-9-17-13(11)18;1-3(2,4)5;1-2/h3,5,7,9-10H,1,4,6,8H2,2H3;4-5H,1-2H3;1-2H3/t10?,14-;;/m1../s1. The van der Waals surface area contributed by atoms with Crippen molar-refractivity contribution in [1.82, 2.24) is 14.5 Å². The predicted molar refractivity (Wildman–Crippen MR) is 104 cm³/mol. The van der Waals surface area contributed by atoms with Gasteiger partial charge >= 0.3 is 0 Å². The Balaban J connectivity index is 0.000000388. The maximum absolute atomic E-state index is 8.08. The van der Waals surface area contributed by atoms with Gasteiger partial charge in [-0.1, -0.05) is 38.4 Å². The molecule has 2 atom stereocenters. The molecule has 5 nitrogen and oxygen atoms in total. The van der Waals surface area contributed by atoms with Crippen molar-refractivity contribution in [2.75, 3.05) is 0 Å². The van der Waals surface area contributed by atoms with Crippen LogP contribution in [0.3, 0.4) is 0 Å². The molecule has 3 rings (SSSR count). The summed E-state index contributed by atoms with van der Waals surface area (Å²) < 4.78 is 2.23. The minimum atomic E-state index is -1.50. The van der Waals surface area contributed by atoms with Crippen molar-refractivity contribution in [2.24, 2.45) is 5.41 Å². The van der Waals surface area contributed by atoms with Gasteiger partial charge in [0.05, 0.1) is 5.39 Å². The van der Waals surface area contributed by atoms with Crippen LogP contribution in [0.1, 0.15) is 59.9 Å². The van der Waals surface area contributed by atoms with E-state index in [0.29, 0.717) is 11.2 Å². The molecule has 0 aromatic carbocycles. The van der Waals surface area contributed by atoms with E-state index in [1.165, 1.54) is 26.6 Å². The van der Waals surface area contributed by atoms with Crippen molar-refractivity contribution in [3.8, 4) is 0 Å². The van der Waals surface area contributed by atoms with E-state index < -0.39 is 5.79 Å². The van der Waals surface area contributed by atoms with Crippen LogP contribution < -0.4 is 0 Å². The highest BCUT2D eigenvalue weighted by Gasteiger charge is 2.34. The molecule has 0 radical (unpaired) electrons. The lowest BCUT2D eigenvalue weighted by atomic mass is 9.89. The molecule has 2 aromatic heterocycles. The van der Waals surface area contributed by atoms with E-state index in [0.717, 1.165) is 23.9 Å². The molecule has 0 saturated heterocycles. The summed E-state index contributed by atoms with van der Waals surface area (Å²) in [5, 5.41) is 17.6. The summed E-state index contributed by atoms with van der Waals surface area (Å²) in [5.41, 5.74) is 1.19. The number of aliphatic hydroxyl groups is 2. The van der Waals surface area contributed by atoms with Gasteiger partial charge in [-0.05, 0) is 44.6 Å². The maximum Gasteiger partial charge on any atom is 0.156 e. The summed E-state index contributed by atoms with van der Waals surface area (Å²) in [4.78, 5) is 8.38. The van der Waals surface area contributed by atoms with Crippen molar-refractivity contribution in [2.45, 2.75) is 65.7 Å². The fourth-order valence-electron chi connectivity index (χ4n) is 2.90. The van der Waals surface area contributed by atoms with Gasteiger partial charge in [-0.2, -0.15) is 0 Å². The third kappa shape index (κ3) is 6.10. The predicted octanol–water partition coefficient (Wildman–Crippen LogP) is 4.74. The first kappa shape index (κ1) is 21.6. The Hall–Kier alpha value is -1.43. The Morgan fingerprint density at radius 3 is 2.48 bits per heavy atom. The Morgan fingerprint density at radius 1 is 1.36 bits per heavy atom. The van der Waals surface area contributed by atoms with Crippen LogP contribution in [0, 0.1) is 5.41 Å². The molecular formula is C19H30ClN3O2. The van der Waals surface area contributed by atoms with Crippen LogP contribution in [0.4, 0.5) is 0 Å². The summed E-state index contributed by atoms with van der Waals surface area (Å²) in [5.74, 6) is -1.50. The minimum absolute atomic E-state index is 0.248. The molecule has 1 aliphatic rings. The topological polar surface area (TPSA) is 71.2 Å². The van der Waals surface area contributed by atoms with Crippen LogP contribution in [0.5, 0.6) is 0 Å². The van der Waals surface area contributed by atoms with Gasteiger partial charge in [0, 0.05) is 12.2 Å². The Kier molecular flexibility index (Phi) is 7.60. The van der Waals surface area contributed by atoms with Crippen molar-refractivity contribution in [3.05, 3.63) is 36.4 Å². The van der Waals surface area contributed by atoms with E-state index in [9.17, 15) is 0 Å². The average Bonchev–Trinajstić information content (AvgIpc) is 3.13. The highest BCUT2D eigenvalue weighted by Crippen LogP contribution is 2.45. The van der Waals surface area contributed by atoms with Crippen LogP contribution in [0.25, 0.3) is 11.0 Å². The first-order valence-corrected chi connectivity index (χ1v) is 9.06.